The van der Waals surface area contributed by atoms with Gasteiger partial charge in [0.05, 0.1) is 14.2 Å². The van der Waals surface area contributed by atoms with Gasteiger partial charge in [-0.1, -0.05) is 22.6 Å². The third kappa shape index (κ3) is 3.04. The molecule has 11 heavy (non-hydrogen) atoms. The summed E-state index contributed by atoms with van der Waals surface area (Å²) in [6.45, 7) is 0. The highest BCUT2D eigenvalue weighted by molar-refractivity contribution is 14.1. The third-order valence-corrected chi connectivity index (χ3v) is 2.01. The fourth-order valence-corrected chi connectivity index (χ4v) is 1.23. The van der Waals surface area contributed by atoms with Crippen LogP contribution in [0.25, 0.3) is 0 Å². The minimum Gasteiger partial charge on any atom is -0.468 e. The molecule has 0 heterocycles. The minimum absolute atomic E-state index is 0.372. The van der Waals surface area contributed by atoms with Crippen LogP contribution in [0.5, 0.6) is 0 Å². The predicted octanol–water partition coefficient (Wildman–Crippen LogP) is 0.384. The number of ether oxygens (including phenoxy) is 2. The van der Waals surface area contributed by atoms with Gasteiger partial charge in [-0.15, -0.1) is 0 Å². The van der Waals surface area contributed by atoms with E-state index in [-0.39, 0.29) is 0 Å². The molecule has 0 aromatic carbocycles. The quantitative estimate of drug-likeness (QED) is 0.322. The van der Waals surface area contributed by atoms with Gasteiger partial charge in [0.1, 0.15) is 0 Å². The first-order valence-corrected chi connectivity index (χ1v) is 4.41. The number of rotatable bonds is 3. The van der Waals surface area contributed by atoms with Crippen LogP contribution < -0.4 is 0 Å². The zero-order chi connectivity index (χ0) is 8.85. The van der Waals surface area contributed by atoms with Gasteiger partial charge in [-0.2, -0.15) is 0 Å². The molecule has 4 nitrogen and oxygen atoms in total. The maximum absolute atomic E-state index is 10.8. The third-order valence-electron chi connectivity index (χ3n) is 1.13. The lowest BCUT2D eigenvalue weighted by Gasteiger charge is -2.07. The van der Waals surface area contributed by atoms with E-state index in [0.717, 1.165) is 0 Å². The Bertz CT molecular complexity index is 141. The lowest BCUT2D eigenvalue weighted by Crippen LogP contribution is -2.27. The molecular formula is C6H9IO4. The number of hydrogen-bond donors (Lipinski definition) is 0. The van der Waals surface area contributed by atoms with Crippen molar-refractivity contribution in [1.29, 1.82) is 0 Å². The SMILES string of the molecule is COC(=O)C(CI)C(=O)OC. The summed E-state index contributed by atoms with van der Waals surface area (Å²) in [7, 11) is 2.48. The van der Waals surface area contributed by atoms with Gasteiger partial charge in [-0.05, 0) is 0 Å². The Balaban J connectivity index is 4.15. The molecule has 0 radical (unpaired) electrons. The van der Waals surface area contributed by atoms with Gasteiger partial charge in [0.25, 0.3) is 0 Å². The lowest BCUT2D eigenvalue weighted by molar-refractivity contribution is -0.157. The smallest absolute Gasteiger partial charge is 0.320 e. The molecule has 5 heteroatoms. The van der Waals surface area contributed by atoms with Crippen LogP contribution in [0.3, 0.4) is 0 Å². The average Bonchev–Trinajstić information content (AvgIpc) is 2.05. The van der Waals surface area contributed by atoms with E-state index in [4.69, 9.17) is 0 Å². The number of hydrogen-bond acceptors (Lipinski definition) is 4. The maximum atomic E-state index is 10.8. The first-order chi connectivity index (χ1) is 5.17. The van der Waals surface area contributed by atoms with Crippen molar-refractivity contribution < 1.29 is 19.1 Å². The molecule has 0 aromatic rings. The first kappa shape index (κ1) is 10.7. The van der Waals surface area contributed by atoms with Crippen molar-refractivity contribution in [2.75, 3.05) is 18.6 Å². The highest BCUT2D eigenvalue weighted by Crippen LogP contribution is 2.05. The molecule has 0 amide bonds. The Morgan fingerprint density at radius 2 is 1.64 bits per heavy atom. The molecule has 0 rings (SSSR count). The van der Waals surface area contributed by atoms with Gasteiger partial charge in [0, 0.05) is 4.43 Å². The van der Waals surface area contributed by atoms with E-state index < -0.39 is 17.9 Å². The molecular weight excluding hydrogens is 263 g/mol. The van der Waals surface area contributed by atoms with Gasteiger partial charge < -0.3 is 9.47 Å². The summed E-state index contributed by atoms with van der Waals surface area (Å²) in [5.74, 6) is -1.89. The molecule has 0 atom stereocenters. The van der Waals surface area contributed by atoms with Gasteiger partial charge in [0.15, 0.2) is 5.92 Å². The molecule has 0 aliphatic carbocycles. The van der Waals surface area contributed by atoms with E-state index in [2.05, 4.69) is 9.47 Å². The number of esters is 2. The zero-order valence-corrected chi connectivity index (χ0v) is 8.45. The normalized spacial score (nSPS) is 9.45. The van der Waals surface area contributed by atoms with E-state index in [9.17, 15) is 9.59 Å². The molecule has 0 spiro atoms. The summed E-state index contributed by atoms with van der Waals surface area (Å²) in [4.78, 5) is 21.6. The molecule has 0 N–H and O–H groups in total. The summed E-state index contributed by atoms with van der Waals surface area (Å²) in [5.41, 5.74) is 0. The Labute approximate surface area is 78.4 Å². The van der Waals surface area contributed by atoms with E-state index in [0.29, 0.717) is 4.43 Å². The number of carbonyl (C=O) groups excluding carboxylic acids is 2. The molecule has 0 aliphatic rings. The molecule has 0 fully saturated rings. The van der Waals surface area contributed by atoms with E-state index in [1.807, 2.05) is 22.6 Å². The van der Waals surface area contributed by atoms with Crippen molar-refractivity contribution in [3.8, 4) is 0 Å². The molecule has 0 aliphatic heterocycles. The Morgan fingerprint density at radius 1 is 1.27 bits per heavy atom. The second-order valence-electron chi connectivity index (χ2n) is 1.75. The van der Waals surface area contributed by atoms with Crippen molar-refractivity contribution >= 4 is 34.5 Å². The minimum atomic E-state index is -0.786. The zero-order valence-electron chi connectivity index (χ0n) is 6.30. The van der Waals surface area contributed by atoms with Crippen LogP contribution in [0.1, 0.15) is 0 Å². The second kappa shape index (κ2) is 5.34. The molecule has 0 bridgehead atoms. The summed E-state index contributed by atoms with van der Waals surface area (Å²) < 4.78 is 9.14. The predicted molar refractivity (Wildman–Crippen MR) is 46.4 cm³/mol. The Hall–Kier alpha value is -0.330. The maximum Gasteiger partial charge on any atom is 0.320 e. The van der Waals surface area contributed by atoms with Crippen molar-refractivity contribution in [2.24, 2.45) is 5.92 Å². The van der Waals surface area contributed by atoms with Crippen LogP contribution >= 0.6 is 22.6 Å². The van der Waals surface area contributed by atoms with Crippen LogP contribution in [0.2, 0.25) is 0 Å². The lowest BCUT2D eigenvalue weighted by atomic mass is 10.2. The van der Waals surface area contributed by atoms with Crippen LogP contribution in [-0.2, 0) is 19.1 Å². The van der Waals surface area contributed by atoms with Crippen molar-refractivity contribution in [3.63, 3.8) is 0 Å². The molecule has 64 valence electrons. The van der Waals surface area contributed by atoms with Gasteiger partial charge in [-0.3, -0.25) is 9.59 Å². The highest BCUT2D eigenvalue weighted by Gasteiger charge is 2.26. The second-order valence-corrected chi connectivity index (χ2v) is 2.63. The Morgan fingerprint density at radius 3 is 1.82 bits per heavy atom. The molecule has 0 saturated heterocycles. The summed E-state index contributed by atoms with van der Waals surface area (Å²) >= 11 is 1.92. The van der Waals surface area contributed by atoms with Crippen molar-refractivity contribution in [3.05, 3.63) is 0 Å². The molecule has 0 aromatic heterocycles. The number of methoxy groups -OCH3 is 2. The van der Waals surface area contributed by atoms with Crippen LogP contribution in [0.15, 0.2) is 0 Å². The van der Waals surface area contributed by atoms with Crippen LogP contribution in [0, 0.1) is 5.92 Å². The van der Waals surface area contributed by atoms with E-state index in [1.54, 1.807) is 0 Å². The highest BCUT2D eigenvalue weighted by atomic mass is 127. The standard InChI is InChI=1S/C6H9IO4/c1-10-5(8)4(3-7)6(9)11-2/h4H,3H2,1-2H3. The Kier molecular flexibility index (Phi) is 5.18. The molecule has 0 unspecified atom stereocenters. The van der Waals surface area contributed by atoms with Crippen LogP contribution in [0.4, 0.5) is 0 Å². The summed E-state index contributed by atoms with van der Waals surface area (Å²) in [6.07, 6.45) is 0. The van der Waals surface area contributed by atoms with E-state index in [1.165, 1.54) is 14.2 Å². The van der Waals surface area contributed by atoms with E-state index >= 15 is 0 Å². The fraction of sp³-hybridized carbons (Fsp3) is 0.667. The van der Waals surface area contributed by atoms with Crippen molar-refractivity contribution in [2.45, 2.75) is 0 Å². The largest absolute Gasteiger partial charge is 0.468 e. The van der Waals surface area contributed by atoms with Crippen LogP contribution in [-0.4, -0.2) is 30.6 Å². The van der Waals surface area contributed by atoms with Crippen molar-refractivity contribution in [1.82, 2.24) is 0 Å². The number of alkyl halides is 1. The number of halogens is 1. The summed E-state index contributed by atoms with van der Waals surface area (Å²) in [5, 5.41) is 0. The van der Waals surface area contributed by atoms with Gasteiger partial charge in [0.2, 0.25) is 0 Å². The summed E-state index contributed by atoms with van der Waals surface area (Å²) in [6, 6.07) is 0. The van der Waals surface area contributed by atoms with Gasteiger partial charge in [-0.25, -0.2) is 0 Å². The topological polar surface area (TPSA) is 52.6 Å². The fourth-order valence-electron chi connectivity index (χ4n) is 0.507. The molecule has 0 saturated carbocycles. The first-order valence-electron chi connectivity index (χ1n) is 2.89. The number of carbonyl (C=O) groups is 2. The average molecular weight is 272 g/mol. The monoisotopic (exact) mass is 272 g/mol. The van der Waals surface area contributed by atoms with Gasteiger partial charge >= 0.3 is 11.9 Å².